The second-order valence-corrected chi connectivity index (χ2v) is 4.44. The van der Waals surface area contributed by atoms with Crippen molar-refractivity contribution in [2.24, 2.45) is 0 Å². The van der Waals surface area contributed by atoms with Crippen LogP contribution < -0.4 is 10.1 Å². The molecule has 16 heavy (non-hydrogen) atoms. The quantitative estimate of drug-likeness (QED) is 0.816. The van der Waals surface area contributed by atoms with Crippen molar-refractivity contribution in [2.75, 3.05) is 19.0 Å². The summed E-state index contributed by atoms with van der Waals surface area (Å²) in [7, 11) is 1.64. The fourth-order valence-corrected chi connectivity index (χ4v) is 1.89. The van der Waals surface area contributed by atoms with Gasteiger partial charge < -0.3 is 14.8 Å². The lowest BCUT2D eigenvalue weighted by Crippen LogP contribution is -2.03. The van der Waals surface area contributed by atoms with Gasteiger partial charge in [-0.3, -0.25) is 0 Å². The largest absolute Gasteiger partial charge is 0.496 e. The number of ether oxygens (including phenoxy) is 1. The summed E-state index contributed by atoms with van der Waals surface area (Å²) >= 11 is 3.42. The average molecular weight is 286 g/mol. The molecule has 88 valence electrons. The Morgan fingerprint density at radius 1 is 1.50 bits per heavy atom. The van der Waals surface area contributed by atoms with Gasteiger partial charge >= 0.3 is 0 Å². The van der Waals surface area contributed by atoms with Gasteiger partial charge in [0.1, 0.15) is 11.5 Å². The minimum absolute atomic E-state index is 0.234. The van der Waals surface area contributed by atoms with Crippen LogP contribution in [0.25, 0.3) is 0 Å². The molecule has 0 fully saturated rings. The lowest BCUT2D eigenvalue weighted by molar-refractivity contribution is -0.117. The molecule has 0 radical (unpaired) electrons. The van der Waals surface area contributed by atoms with E-state index in [0.717, 1.165) is 28.9 Å². The van der Waals surface area contributed by atoms with Gasteiger partial charge in [-0.2, -0.15) is 0 Å². The molecule has 0 amide bonds. The van der Waals surface area contributed by atoms with E-state index in [-0.39, 0.29) is 5.78 Å². The van der Waals surface area contributed by atoms with E-state index in [1.165, 1.54) is 0 Å². The third-order valence-corrected chi connectivity index (χ3v) is 2.81. The number of Topliss-reactive ketones (excluding diaryl/α,β-unsaturated/α-hetero) is 1. The summed E-state index contributed by atoms with van der Waals surface area (Å²) in [6.07, 6.45) is 1.49. The normalized spacial score (nSPS) is 9.94. The van der Waals surface area contributed by atoms with E-state index in [4.69, 9.17) is 4.74 Å². The van der Waals surface area contributed by atoms with Crippen LogP contribution >= 0.6 is 15.9 Å². The van der Waals surface area contributed by atoms with Gasteiger partial charge in [0.15, 0.2) is 0 Å². The Bertz CT molecular complexity index is 366. The molecule has 0 aliphatic carbocycles. The minimum atomic E-state index is 0.234. The van der Waals surface area contributed by atoms with Crippen LogP contribution in [-0.4, -0.2) is 19.4 Å². The Morgan fingerprint density at radius 3 is 2.81 bits per heavy atom. The number of hydrogen-bond donors (Lipinski definition) is 1. The van der Waals surface area contributed by atoms with Crippen LogP contribution in [0.3, 0.4) is 0 Å². The summed E-state index contributed by atoms with van der Waals surface area (Å²) in [6.45, 7) is 2.42. The van der Waals surface area contributed by atoms with Crippen molar-refractivity contribution in [1.82, 2.24) is 0 Å². The zero-order chi connectivity index (χ0) is 12.0. The summed E-state index contributed by atoms with van der Waals surface area (Å²) < 4.78 is 6.06. The standard InChI is InChI=1S/C12H16BrNO2/c1-9(15)4-3-7-14-10-5-6-12(16-2)11(13)8-10/h5-6,8,14H,3-4,7H2,1-2H3. The Labute approximate surface area is 104 Å². The third-order valence-electron chi connectivity index (χ3n) is 2.19. The van der Waals surface area contributed by atoms with E-state index in [0.29, 0.717) is 6.42 Å². The smallest absolute Gasteiger partial charge is 0.133 e. The molecule has 0 aliphatic rings. The Morgan fingerprint density at radius 2 is 2.25 bits per heavy atom. The first kappa shape index (κ1) is 13.0. The van der Waals surface area contributed by atoms with Crippen LogP contribution in [-0.2, 0) is 4.79 Å². The first-order valence-corrected chi connectivity index (χ1v) is 5.99. The van der Waals surface area contributed by atoms with E-state index in [1.54, 1.807) is 14.0 Å². The molecule has 1 aromatic rings. The molecule has 0 saturated heterocycles. The molecule has 0 aliphatic heterocycles. The number of carbonyl (C=O) groups excluding carboxylic acids is 1. The average Bonchev–Trinajstić information content (AvgIpc) is 2.24. The molecular formula is C12H16BrNO2. The number of ketones is 1. The molecule has 0 atom stereocenters. The number of benzene rings is 1. The zero-order valence-electron chi connectivity index (χ0n) is 9.55. The van der Waals surface area contributed by atoms with E-state index >= 15 is 0 Å². The molecule has 1 aromatic carbocycles. The zero-order valence-corrected chi connectivity index (χ0v) is 11.1. The summed E-state index contributed by atoms with van der Waals surface area (Å²) in [5.74, 6) is 1.05. The van der Waals surface area contributed by atoms with E-state index in [1.807, 2.05) is 18.2 Å². The third kappa shape index (κ3) is 4.23. The van der Waals surface area contributed by atoms with Crippen molar-refractivity contribution in [1.29, 1.82) is 0 Å². The van der Waals surface area contributed by atoms with Gasteiger partial charge in [0.25, 0.3) is 0 Å². The molecule has 0 saturated carbocycles. The maximum Gasteiger partial charge on any atom is 0.133 e. The number of carbonyl (C=O) groups is 1. The van der Waals surface area contributed by atoms with Gasteiger partial charge in [-0.05, 0) is 47.5 Å². The summed E-state index contributed by atoms with van der Waals surface area (Å²) in [4.78, 5) is 10.7. The van der Waals surface area contributed by atoms with Crippen molar-refractivity contribution in [3.63, 3.8) is 0 Å². The molecule has 4 heteroatoms. The van der Waals surface area contributed by atoms with Crippen molar-refractivity contribution < 1.29 is 9.53 Å². The van der Waals surface area contributed by atoms with Gasteiger partial charge in [-0.1, -0.05) is 0 Å². The van der Waals surface area contributed by atoms with Crippen LogP contribution in [0.1, 0.15) is 19.8 Å². The molecule has 0 unspecified atom stereocenters. The van der Waals surface area contributed by atoms with Gasteiger partial charge in [0.2, 0.25) is 0 Å². The summed E-state index contributed by atoms with van der Waals surface area (Å²) in [5, 5.41) is 3.25. The number of hydrogen-bond acceptors (Lipinski definition) is 3. The SMILES string of the molecule is COc1ccc(NCCCC(C)=O)cc1Br. The Kier molecular flexibility index (Phi) is 5.32. The molecular weight excluding hydrogens is 270 g/mol. The van der Waals surface area contributed by atoms with E-state index < -0.39 is 0 Å². The first-order valence-electron chi connectivity index (χ1n) is 5.20. The maximum atomic E-state index is 10.7. The number of halogens is 1. The molecule has 1 rings (SSSR count). The summed E-state index contributed by atoms with van der Waals surface area (Å²) in [5.41, 5.74) is 1.02. The molecule has 0 aromatic heterocycles. The number of nitrogens with one attached hydrogen (secondary N) is 1. The van der Waals surface area contributed by atoms with E-state index in [2.05, 4.69) is 21.2 Å². The Hall–Kier alpha value is -1.03. The fourth-order valence-electron chi connectivity index (χ4n) is 1.35. The molecule has 3 nitrogen and oxygen atoms in total. The van der Waals surface area contributed by atoms with Crippen LogP contribution in [0.2, 0.25) is 0 Å². The van der Waals surface area contributed by atoms with Crippen molar-refractivity contribution in [3.05, 3.63) is 22.7 Å². The van der Waals surface area contributed by atoms with E-state index in [9.17, 15) is 4.79 Å². The van der Waals surface area contributed by atoms with Crippen LogP contribution in [0.5, 0.6) is 5.75 Å². The topological polar surface area (TPSA) is 38.3 Å². The highest BCUT2D eigenvalue weighted by atomic mass is 79.9. The molecule has 1 N–H and O–H groups in total. The van der Waals surface area contributed by atoms with Crippen LogP contribution in [0.4, 0.5) is 5.69 Å². The predicted molar refractivity (Wildman–Crippen MR) is 69.1 cm³/mol. The van der Waals surface area contributed by atoms with Gasteiger partial charge in [-0.15, -0.1) is 0 Å². The van der Waals surface area contributed by atoms with Crippen molar-refractivity contribution in [3.8, 4) is 5.75 Å². The predicted octanol–water partition coefficient (Wildman–Crippen LogP) is 3.24. The van der Waals surface area contributed by atoms with Crippen LogP contribution in [0.15, 0.2) is 22.7 Å². The summed E-state index contributed by atoms with van der Waals surface area (Å²) in [6, 6.07) is 5.82. The second kappa shape index (κ2) is 6.53. The highest BCUT2D eigenvalue weighted by Crippen LogP contribution is 2.27. The number of rotatable bonds is 6. The number of methoxy groups -OCH3 is 1. The Balaban J connectivity index is 2.43. The van der Waals surface area contributed by atoms with Gasteiger partial charge in [0.05, 0.1) is 11.6 Å². The minimum Gasteiger partial charge on any atom is -0.496 e. The van der Waals surface area contributed by atoms with Crippen molar-refractivity contribution >= 4 is 27.4 Å². The van der Waals surface area contributed by atoms with Gasteiger partial charge in [0, 0.05) is 18.7 Å². The molecule has 0 bridgehead atoms. The second-order valence-electron chi connectivity index (χ2n) is 3.58. The van der Waals surface area contributed by atoms with Crippen molar-refractivity contribution in [2.45, 2.75) is 19.8 Å². The lowest BCUT2D eigenvalue weighted by atomic mass is 10.2. The monoisotopic (exact) mass is 285 g/mol. The highest BCUT2D eigenvalue weighted by molar-refractivity contribution is 9.10. The molecule has 0 heterocycles. The first-order chi connectivity index (χ1) is 7.63. The van der Waals surface area contributed by atoms with Crippen LogP contribution in [0, 0.1) is 0 Å². The fraction of sp³-hybridized carbons (Fsp3) is 0.417. The van der Waals surface area contributed by atoms with Gasteiger partial charge in [-0.25, -0.2) is 0 Å². The molecule has 0 spiro atoms. The maximum absolute atomic E-state index is 10.7. The highest BCUT2D eigenvalue weighted by Gasteiger charge is 2.00. The lowest BCUT2D eigenvalue weighted by Gasteiger charge is -2.08. The number of anilines is 1.